The molecule has 0 unspecified atom stereocenters. The van der Waals surface area contributed by atoms with E-state index in [9.17, 15) is 14.4 Å². The van der Waals surface area contributed by atoms with E-state index in [4.69, 9.17) is 22.4 Å². The molecule has 0 aliphatic rings. The molecule has 1 aromatic heterocycles. The number of carboxylic acid groups (broad SMARTS) is 1. The number of carboxylic acids is 1. The zero-order chi connectivity index (χ0) is 17.7. The average Bonchev–Trinajstić information content (AvgIpc) is 2.54. The predicted octanol–water partition coefficient (Wildman–Crippen LogP) is 1.78. The lowest BCUT2D eigenvalue weighted by molar-refractivity contribution is -0.137. The summed E-state index contributed by atoms with van der Waals surface area (Å²) in [6, 6.07) is 8.53. The maximum atomic E-state index is 12.3. The molecule has 4 N–H and O–H groups in total. The van der Waals surface area contributed by atoms with Crippen LogP contribution < -0.4 is 11.1 Å². The number of hydrogen-bond acceptors (Lipinski definition) is 4. The van der Waals surface area contributed by atoms with Gasteiger partial charge in [-0.1, -0.05) is 29.8 Å². The number of benzene rings is 1. The number of carbonyl (C=O) groups excluding carboxylic acids is 2. The Morgan fingerprint density at radius 3 is 2.46 bits per heavy atom. The molecule has 1 atom stereocenters. The number of rotatable bonds is 6. The van der Waals surface area contributed by atoms with Gasteiger partial charge in [-0.05, 0) is 23.8 Å². The first-order valence-corrected chi connectivity index (χ1v) is 7.29. The highest BCUT2D eigenvalue weighted by Gasteiger charge is 2.21. The van der Waals surface area contributed by atoms with Crippen molar-refractivity contribution >= 4 is 29.4 Å². The van der Waals surface area contributed by atoms with Crippen molar-refractivity contribution in [3.8, 4) is 0 Å². The predicted molar refractivity (Wildman–Crippen MR) is 86.7 cm³/mol. The second-order valence-corrected chi connectivity index (χ2v) is 5.35. The van der Waals surface area contributed by atoms with Gasteiger partial charge in [0.1, 0.15) is 5.69 Å². The number of amides is 2. The lowest BCUT2D eigenvalue weighted by atomic mass is 10.0. The van der Waals surface area contributed by atoms with Gasteiger partial charge in [0.25, 0.3) is 5.91 Å². The van der Waals surface area contributed by atoms with Gasteiger partial charge in [0.15, 0.2) is 0 Å². The Morgan fingerprint density at radius 1 is 1.21 bits per heavy atom. The minimum absolute atomic E-state index is 0.0300. The first kappa shape index (κ1) is 17.4. The Hall–Kier alpha value is -2.93. The molecule has 0 radical (unpaired) electrons. The molecule has 7 nitrogen and oxygen atoms in total. The summed E-state index contributed by atoms with van der Waals surface area (Å²) in [6.07, 6.45) is 0.841. The van der Waals surface area contributed by atoms with Crippen LogP contribution in [0.5, 0.6) is 0 Å². The Bertz CT molecular complexity index is 777. The zero-order valence-corrected chi connectivity index (χ0v) is 13.2. The van der Waals surface area contributed by atoms with Gasteiger partial charge in [-0.25, -0.2) is 0 Å². The van der Waals surface area contributed by atoms with Gasteiger partial charge < -0.3 is 16.2 Å². The van der Waals surface area contributed by atoms with Gasteiger partial charge in [-0.2, -0.15) is 0 Å². The van der Waals surface area contributed by atoms with Crippen LogP contribution in [-0.4, -0.2) is 27.9 Å². The van der Waals surface area contributed by atoms with Crippen LogP contribution in [0.15, 0.2) is 42.6 Å². The van der Waals surface area contributed by atoms with Crippen LogP contribution in [0, 0.1) is 0 Å². The van der Waals surface area contributed by atoms with Crippen LogP contribution in [0.4, 0.5) is 0 Å². The van der Waals surface area contributed by atoms with Crippen LogP contribution >= 0.6 is 11.6 Å². The smallest absolute Gasteiger partial charge is 0.305 e. The van der Waals surface area contributed by atoms with E-state index in [1.807, 2.05) is 0 Å². The minimum atomic E-state index is -1.09. The lowest BCUT2D eigenvalue weighted by Crippen LogP contribution is -2.31. The highest BCUT2D eigenvalue weighted by atomic mass is 35.5. The van der Waals surface area contributed by atoms with E-state index < -0.39 is 23.8 Å². The maximum Gasteiger partial charge on any atom is 0.305 e. The minimum Gasteiger partial charge on any atom is -0.481 e. The van der Waals surface area contributed by atoms with Crippen molar-refractivity contribution in [2.24, 2.45) is 5.73 Å². The first-order chi connectivity index (χ1) is 11.4. The second kappa shape index (κ2) is 7.56. The molecule has 1 heterocycles. The van der Waals surface area contributed by atoms with Crippen LogP contribution in [0.2, 0.25) is 5.02 Å². The summed E-state index contributed by atoms with van der Waals surface area (Å²) in [5.74, 6) is -2.33. The molecule has 24 heavy (non-hydrogen) atoms. The number of halogens is 1. The third-order valence-electron chi connectivity index (χ3n) is 3.25. The molecule has 0 aliphatic carbocycles. The highest BCUT2D eigenvalue weighted by molar-refractivity contribution is 6.31. The van der Waals surface area contributed by atoms with E-state index in [1.165, 1.54) is 18.3 Å². The van der Waals surface area contributed by atoms with E-state index in [0.29, 0.717) is 10.6 Å². The maximum absolute atomic E-state index is 12.3. The normalized spacial score (nSPS) is 11.5. The van der Waals surface area contributed by atoms with Gasteiger partial charge in [0, 0.05) is 11.2 Å². The van der Waals surface area contributed by atoms with Crippen molar-refractivity contribution in [2.45, 2.75) is 12.5 Å². The molecular formula is C16H14ClN3O4. The number of carbonyl (C=O) groups is 3. The summed E-state index contributed by atoms with van der Waals surface area (Å²) in [6.45, 7) is 0. The summed E-state index contributed by atoms with van der Waals surface area (Å²) in [5, 5.41) is 12.0. The quantitative estimate of drug-likeness (QED) is 0.735. The SMILES string of the molecule is NC(=O)c1ccc(C(=O)N[C@@H](CC(=O)O)c2ccccc2Cl)nc1. The summed E-state index contributed by atoms with van der Waals surface area (Å²) in [7, 11) is 0. The van der Waals surface area contributed by atoms with E-state index in [-0.39, 0.29) is 17.7 Å². The first-order valence-electron chi connectivity index (χ1n) is 6.91. The molecule has 2 rings (SSSR count). The van der Waals surface area contributed by atoms with Crippen molar-refractivity contribution in [2.75, 3.05) is 0 Å². The average molecular weight is 348 g/mol. The van der Waals surface area contributed by atoms with Crippen LogP contribution in [0.1, 0.15) is 38.9 Å². The topological polar surface area (TPSA) is 122 Å². The van der Waals surface area contributed by atoms with Crippen LogP contribution in [0.25, 0.3) is 0 Å². The molecule has 1 aromatic carbocycles. The Morgan fingerprint density at radius 2 is 1.92 bits per heavy atom. The molecular weight excluding hydrogens is 334 g/mol. The van der Waals surface area contributed by atoms with Crippen molar-refractivity contribution in [1.82, 2.24) is 10.3 Å². The zero-order valence-electron chi connectivity index (χ0n) is 12.4. The molecule has 0 saturated carbocycles. The van der Waals surface area contributed by atoms with Crippen molar-refractivity contribution in [3.05, 3.63) is 64.4 Å². The second-order valence-electron chi connectivity index (χ2n) is 4.94. The van der Waals surface area contributed by atoms with E-state index >= 15 is 0 Å². The molecule has 2 amide bonds. The van der Waals surface area contributed by atoms with E-state index in [0.717, 1.165) is 0 Å². The fourth-order valence-corrected chi connectivity index (χ4v) is 2.34. The molecule has 8 heteroatoms. The molecule has 0 aliphatic heterocycles. The summed E-state index contributed by atoms with van der Waals surface area (Å²) < 4.78 is 0. The Kier molecular flexibility index (Phi) is 5.49. The van der Waals surface area contributed by atoms with Crippen LogP contribution in [0.3, 0.4) is 0 Å². The fourth-order valence-electron chi connectivity index (χ4n) is 2.08. The van der Waals surface area contributed by atoms with Crippen molar-refractivity contribution in [3.63, 3.8) is 0 Å². The standard InChI is InChI=1S/C16H14ClN3O4/c17-11-4-2-1-3-10(11)13(7-14(21)22)20-16(24)12-6-5-9(8-19-12)15(18)23/h1-6,8,13H,7H2,(H2,18,23)(H,20,24)(H,21,22)/t13-/m0/s1. The fraction of sp³-hybridized carbons (Fsp3) is 0.125. The highest BCUT2D eigenvalue weighted by Crippen LogP contribution is 2.25. The van der Waals surface area contributed by atoms with E-state index in [1.54, 1.807) is 24.3 Å². The van der Waals surface area contributed by atoms with Crippen molar-refractivity contribution in [1.29, 1.82) is 0 Å². The number of aromatic nitrogens is 1. The van der Waals surface area contributed by atoms with Gasteiger partial charge >= 0.3 is 5.97 Å². The summed E-state index contributed by atoms with van der Waals surface area (Å²) in [4.78, 5) is 38.2. The number of primary amides is 1. The summed E-state index contributed by atoms with van der Waals surface area (Å²) in [5.41, 5.74) is 5.79. The monoisotopic (exact) mass is 347 g/mol. The molecule has 0 fully saturated rings. The Labute approximate surface area is 142 Å². The van der Waals surface area contributed by atoms with E-state index in [2.05, 4.69) is 10.3 Å². The molecule has 0 spiro atoms. The van der Waals surface area contributed by atoms with Gasteiger partial charge in [-0.15, -0.1) is 0 Å². The van der Waals surface area contributed by atoms with Gasteiger partial charge in [0.2, 0.25) is 5.91 Å². The number of nitrogens with zero attached hydrogens (tertiary/aromatic N) is 1. The molecule has 2 aromatic rings. The van der Waals surface area contributed by atoms with Crippen molar-refractivity contribution < 1.29 is 19.5 Å². The number of nitrogens with two attached hydrogens (primary N) is 1. The number of pyridine rings is 1. The molecule has 0 saturated heterocycles. The third kappa shape index (κ3) is 4.30. The Balaban J connectivity index is 2.22. The lowest BCUT2D eigenvalue weighted by Gasteiger charge is -2.18. The van der Waals surface area contributed by atoms with Gasteiger partial charge in [0.05, 0.1) is 18.0 Å². The third-order valence-corrected chi connectivity index (χ3v) is 3.59. The number of nitrogens with one attached hydrogen (secondary N) is 1. The van der Waals surface area contributed by atoms with Gasteiger partial charge in [-0.3, -0.25) is 19.4 Å². The largest absolute Gasteiger partial charge is 0.481 e. The van der Waals surface area contributed by atoms with Crippen LogP contribution in [-0.2, 0) is 4.79 Å². The molecule has 0 bridgehead atoms. The summed E-state index contributed by atoms with van der Waals surface area (Å²) >= 11 is 6.08. The molecule has 124 valence electrons. The number of hydrogen-bond donors (Lipinski definition) is 3. The number of aliphatic carboxylic acids is 1.